The summed E-state index contributed by atoms with van der Waals surface area (Å²) in [5.41, 5.74) is 0. The first kappa shape index (κ1) is 13.4. The fourth-order valence-electron chi connectivity index (χ4n) is 1.75. The molecule has 6 nitrogen and oxygen atoms in total. The number of hydrogen-bond donors (Lipinski definition) is 2. The molecule has 0 radical (unpaired) electrons. The van der Waals surface area contributed by atoms with Gasteiger partial charge < -0.3 is 10.2 Å². The second-order valence-electron chi connectivity index (χ2n) is 4.11. The van der Waals surface area contributed by atoms with Gasteiger partial charge in [-0.05, 0) is 19.3 Å². The molecule has 1 aliphatic heterocycles. The minimum absolute atomic E-state index is 0.0420. The molecule has 0 aromatic rings. The van der Waals surface area contributed by atoms with E-state index in [4.69, 9.17) is 5.11 Å². The summed E-state index contributed by atoms with van der Waals surface area (Å²) in [7, 11) is -3.48. The molecule has 0 aromatic carbocycles. The highest BCUT2D eigenvalue weighted by Crippen LogP contribution is 2.22. The number of aliphatic hydroxyl groups excluding tert-OH is 1. The van der Waals surface area contributed by atoms with E-state index >= 15 is 0 Å². The van der Waals surface area contributed by atoms with Gasteiger partial charge in [-0.1, -0.05) is 0 Å². The van der Waals surface area contributed by atoms with Gasteiger partial charge in [0.2, 0.25) is 10.0 Å². The van der Waals surface area contributed by atoms with Crippen LogP contribution >= 0.6 is 0 Å². The largest absolute Gasteiger partial charge is 0.481 e. The van der Waals surface area contributed by atoms with E-state index in [9.17, 15) is 18.3 Å². The molecule has 0 aliphatic carbocycles. The number of carboxylic acid groups (broad SMARTS) is 1. The number of aliphatic carboxylic acids is 1. The standard InChI is InChI=1S/C9H17NO5S/c1-7(11)8-2-4-10(6-8)16(14,15)5-3-9(12)13/h7-8,11H,2-6H2,1H3,(H,12,13). The van der Waals surface area contributed by atoms with Crippen molar-refractivity contribution >= 4 is 16.0 Å². The number of sulfonamides is 1. The zero-order valence-electron chi connectivity index (χ0n) is 9.16. The minimum atomic E-state index is -3.48. The molecule has 1 aliphatic rings. The van der Waals surface area contributed by atoms with Gasteiger partial charge in [0.25, 0.3) is 0 Å². The van der Waals surface area contributed by atoms with Crippen molar-refractivity contribution in [3.05, 3.63) is 0 Å². The molecule has 0 bridgehead atoms. The highest BCUT2D eigenvalue weighted by atomic mass is 32.2. The smallest absolute Gasteiger partial charge is 0.304 e. The van der Waals surface area contributed by atoms with Crippen molar-refractivity contribution in [1.82, 2.24) is 4.31 Å². The molecule has 2 unspecified atom stereocenters. The van der Waals surface area contributed by atoms with Crippen molar-refractivity contribution in [3.8, 4) is 0 Å². The lowest BCUT2D eigenvalue weighted by molar-refractivity contribution is -0.136. The fraction of sp³-hybridized carbons (Fsp3) is 0.889. The Morgan fingerprint density at radius 2 is 2.19 bits per heavy atom. The molecule has 7 heteroatoms. The predicted octanol–water partition coefficient (Wildman–Crippen LogP) is -0.506. The topological polar surface area (TPSA) is 94.9 Å². The maximum Gasteiger partial charge on any atom is 0.304 e. The van der Waals surface area contributed by atoms with E-state index in [-0.39, 0.29) is 18.1 Å². The number of rotatable bonds is 5. The minimum Gasteiger partial charge on any atom is -0.481 e. The summed E-state index contributed by atoms with van der Waals surface area (Å²) < 4.78 is 24.6. The maximum atomic E-state index is 11.7. The zero-order valence-corrected chi connectivity index (χ0v) is 9.98. The van der Waals surface area contributed by atoms with Gasteiger partial charge in [-0.2, -0.15) is 0 Å². The van der Waals surface area contributed by atoms with E-state index in [2.05, 4.69) is 0 Å². The Bertz CT molecular complexity index is 351. The van der Waals surface area contributed by atoms with Gasteiger partial charge in [0, 0.05) is 13.1 Å². The molecule has 2 N–H and O–H groups in total. The summed E-state index contributed by atoms with van der Waals surface area (Å²) in [4.78, 5) is 10.3. The van der Waals surface area contributed by atoms with Gasteiger partial charge in [0.1, 0.15) is 0 Å². The van der Waals surface area contributed by atoms with Crippen LogP contribution in [0.25, 0.3) is 0 Å². The summed E-state index contributed by atoms with van der Waals surface area (Å²) >= 11 is 0. The van der Waals surface area contributed by atoms with Crippen LogP contribution in [-0.4, -0.2) is 53.9 Å². The Balaban J connectivity index is 2.55. The number of aliphatic hydroxyl groups is 1. The Morgan fingerprint density at radius 3 is 2.62 bits per heavy atom. The third kappa shape index (κ3) is 3.43. The molecule has 0 spiro atoms. The van der Waals surface area contributed by atoms with Crippen LogP contribution in [-0.2, 0) is 14.8 Å². The Morgan fingerprint density at radius 1 is 1.56 bits per heavy atom. The quantitative estimate of drug-likeness (QED) is 0.686. The van der Waals surface area contributed by atoms with Gasteiger partial charge >= 0.3 is 5.97 Å². The molecular weight excluding hydrogens is 234 g/mol. The summed E-state index contributed by atoms with van der Waals surface area (Å²) in [6.07, 6.45) is -0.276. The lowest BCUT2D eigenvalue weighted by Crippen LogP contribution is -2.33. The van der Waals surface area contributed by atoms with Crippen molar-refractivity contribution in [1.29, 1.82) is 0 Å². The van der Waals surface area contributed by atoms with Gasteiger partial charge in [-0.25, -0.2) is 12.7 Å². The van der Waals surface area contributed by atoms with E-state index in [1.807, 2.05) is 0 Å². The van der Waals surface area contributed by atoms with Crippen LogP contribution in [0.4, 0.5) is 0 Å². The average molecular weight is 251 g/mol. The van der Waals surface area contributed by atoms with Crippen molar-refractivity contribution in [2.45, 2.75) is 25.9 Å². The molecule has 0 amide bonds. The number of carboxylic acids is 1. The Kier molecular flexibility index (Phi) is 4.28. The lowest BCUT2D eigenvalue weighted by Gasteiger charge is -2.17. The Hall–Kier alpha value is -0.660. The zero-order chi connectivity index (χ0) is 12.3. The summed E-state index contributed by atoms with van der Waals surface area (Å²) in [5, 5.41) is 17.8. The highest BCUT2D eigenvalue weighted by molar-refractivity contribution is 7.89. The first-order valence-electron chi connectivity index (χ1n) is 5.20. The molecule has 1 rings (SSSR count). The lowest BCUT2D eigenvalue weighted by atomic mass is 10.0. The number of hydrogen-bond acceptors (Lipinski definition) is 4. The predicted molar refractivity (Wildman–Crippen MR) is 57.4 cm³/mol. The molecule has 0 saturated carbocycles. The van der Waals surface area contributed by atoms with Crippen molar-refractivity contribution < 1.29 is 23.4 Å². The highest BCUT2D eigenvalue weighted by Gasteiger charge is 2.33. The van der Waals surface area contributed by atoms with E-state index in [1.54, 1.807) is 6.92 Å². The third-order valence-electron chi connectivity index (χ3n) is 2.84. The van der Waals surface area contributed by atoms with Crippen LogP contribution in [0.15, 0.2) is 0 Å². The molecule has 1 saturated heterocycles. The molecule has 0 aromatic heterocycles. The first-order chi connectivity index (χ1) is 7.33. The van der Waals surface area contributed by atoms with Crippen molar-refractivity contribution in [2.24, 2.45) is 5.92 Å². The fourth-order valence-corrected chi connectivity index (χ4v) is 3.24. The second-order valence-corrected chi connectivity index (χ2v) is 6.20. The number of carbonyl (C=O) groups is 1. The van der Waals surface area contributed by atoms with Gasteiger partial charge in [0.05, 0.1) is 18.3 Å². The third-order valence-corrected chi connectivity index (χ3v) is 4.68. The molecule has 2 atom stereocenters. The second kappa shape index (κ2) is 5.11. The molecule has 1 heterocycles. The van der Waals surface area contributed by atoms with Crippen LogP contribution in [0.2, 0.25) is 0 Å². The van der Waals surface area contributed by atoms with Gasteiger partial charge in [-0.15, -0.1) is 0 Å². The van der Waals surface area contributed by atoms with Gasteiger partial charge in [-0.3, -0.25) is 4.79 Å². The van der Waals surface area contributed by atoms with Crippen molar-refractivity contribution in [3.63, 3.8) is 0 Å². The van der Waals surface area contributed by atoms with E-state index < -0.39 is 22.1 Å². The Labute approximate surface area is 94.9 Å². The summed E-state index contributed by atoms with van der Waals surface area (Å²) in [6, 6.07) is 0. The first-order valence-corrected chi connectivity index (χ1v) is 6.81. The molecule has 1 fully saturated rings. The van der Waals surface area contributed by atoms with E-state index in [0.717, 1.165) is 0 Å². The van der Waals surface area contributed by atoms with Crippen LogP contribution < -0.4 is 0 Å². The number of nitrogens with zero attached hydrogens (tertiary/aromatic N) is 1. The SMILES string of the molecule is CC(O)C1CCN(S(=O)(=O)CCC(=O)O)C1. The normalized spacial score (nSPS) is 24.5. The maximum absolute atomic E-state index is 11.7. The molecule has 16 heavy (non-hydrogen) atoms. The van der Waals surface area contributed by atoms with Crippen molar-refractivity contribution in [2.75, 3.05) is 18.8 Å². The monoisotopic (exact) mass is 251 g/mol. The van der Waals surface area contributed by atoms with E-state index in [0.29, 0.717) is 19.5 Å². The molecule has 94 valence electrons. The van der Waals surface area contributed by atoms with Crippen LogP contribution in [0.5, 0.6) is 0 Å². The van der Waals surface area contributed by atoms with Crippen LogP contribution in [0.1, 0.15) is 19.8 Å². The van der Waals surface area contributed by atoms with Gasteiger partial charge in [0.15, 0.2) is 0 Å². The summed E-state index contributed by atoms with van der Waals surface area (Å²) in [6.45, 7) is 2.30. The summed E-state index contributed by atoms with van der Waals surface area (Å²) in [5.74, 6) is -1.52. The molecular formula is C9H17NO5S. The van der Waals surface area contributed by atoms with E-state index in [1.165, 1.54) is 4.31 Å². The van der Waals surface area contributed by atoms with Crippen LogP contribution in [0, 0.1) is 5.92 Å². The average Bonchev–Trinajstić information content (AvgIpc) is 2.64. The van der Waals surface area contributed by atoms with Crippen LogP contribution in [0.3, 0.4) is 0 Å².